The minimum atomic E-state index is -0.553. The van der Waals surface area contributed by atoms with Crippen LogP contribution in [-0.4, -0.2) is 35.9 Å². The van der Waals surface area contributed by atoms with Crippen molar-refractivity contribution in [2.24, 2.45) is 17.8 Å². The third kappa shape index (κ3) is 5.42. The fourth-order valence-electron chi connectivity index (χ4n) is 6.21. The molecule has 3 fully saturated rings. The molecule has 3 N–H and O–H groups in total. The predicted molar refractivity (Wildman–Crippen MR) is 127 cm³/mol. The molecule has 1 saturated heterocycles. The number of para-hydroxylation sites is 1. The van der Waals surface area contributed by atoms with Crippen LogP contribution < -0.4 is 10.6 Å². The summed E-state index contributed by atoms with van der Waals surface area (Å²) in [5.41, 5.74) is 0.638. The van der Waals surface area contributed by atoms with Crippen LogP contribution in [0.2, 0.25) is 0 Å². The molecule has 2 aliphatic carbocycles. The van der Waals surface area contributed by atoms with Crippen LogP contribution >= 0.6 is 0 Å². The maximum Gasteiger partial charge on any atom is 0.254 e. The van der Waals surface area contributed by atoms with Gasteiger partial charge in [0.15, 0.2) is 5.96 Å². The van der Waals surface area contributed by atoms with Crippen molar-refractivity contribution in [1.29, 1.82) is 5.41 Å². The van der Waals surface area contributed by atoms with Crippen molar-refractivity contribution in [2.45, 2.75) is 82.6 Å². The summed E-state index contributed by atoms with van der Waals surface area (Å²) < 4.78 is 0. The Bertz CT molecular complexity index is 745. The number of carbonyl (C=O) groups excluding carboxylic acids is 1. The Morgan fingerprint density at radius 2 is 1.74 bits per heavy atom. The Hall–Kier alpha value is -2.04. The highest BCUT2D eigenvalue weighted by molar-refractivity contribution is 6.07. The lowest BCUT2D eigenvalue weighted by Crippen LogP contribution is -2.49. The fraction of sp³-hybridized carbons (Fsp3) is 0.692. The summed E-state index contributed by atoms with van der Waals surface area (Å²) >= 11 is 0. The van der Waals surface area contributed by atoms with Gasteiger partial charge in [0.25, 0.3) is 5.91 Å². The molecule has 31 heavy (non-hydrogen) atoms. The van der Waals surface area contributed by atoms with E-state index in [1.54, 1.807) is 7.05 Å². The Kier molecular flexibility index (Phi) is 7.19. The number of amides is 1. The lowest BCUT2D eigenvalue weighted by molar-refractivity contribution is -0.131. The molecular formula is C26H40N4O. The normalized spacial score (nSPS) is 29.8. The molecule has 0 bridgehead atoms. The summed E-state index contributed by atoms with van der Waals surface area (Å²) in [7, 11) is 1.76. The summed E-state index contributed by atoms with van der Waals surface area (Å²) in [5.74, 6) is 2.38. The van der Waals surface area contributed by atoms with Gasteiger partial charge in [-0.25, -0.2) is 0 Å². The van der Waals surface area contributed by atoms with Gasteiger partial charge in [0.2, 0.25) is 0 Å². The smallest absolute Gasteiger partial charge is 0.254 e. The summed E-state index contributed by atoms with van der Waals surface area (Å²) in [6.07, 6.45) is 14.5. The van der Waals surface area contributed by atoms with Gasteiger partial charge in [-0.05, 0) is 62.0 Å². The first-order chi connectivity index (χ1) is 15.1. The van der Waals surface area contributed by atoms with Crippen LogP contribution in [0, 0.1) is 23.2 Å². The largest absolute Gasteiger partial charge is 0.385 e. The predicted octanol–water partition coefficient (Wildman–Crippen LogP) is 5.39. The summed E-state index contributed by atoms with van der Waals surface area (Å²) in [6.45, 7) is 1.01. The average Bonchev–Trinajstić information content (AvgIpc) is 3.01. The molecule has 1 aromatic carbocycles. The standard InChI is InChI=1S/C26H40N4O/c1-30-24(31)26(29-25(30)27,16-15-20-9-4-2-5-10-20)18-21-11-8-12-22(17-21)19-28-23-13-6-3-7-14-23/h3,6-7,13-14,20-22,28H,2,4-5,8-12,15-19H2,1H3,(H2,27,29)/t21-,22?,26-/m1/s1. The molecule has 170 valence electrons. The van der Waals surface area contributed by atoms with Gasteiger partial charge in [0, 0.05) is 19.3 Å². The van der Waals surface area contributed by atoms with E-state index in [0.29, 0.717) is 11.8 Å². The highest BCUT2D eigenvalue weighted by atomic mass is 16.2. The van der Waals surface area contributed by atoms with E-state index in [1.165, 1.54) is 68.4 Å². The van der Waals surface area contributed by atoms with Crippen LogP contribution in [0.25, 0.3) is 0 Å². The van der Waals surface area contributed by atoms with Crippen LogP contribution in [0.1, 0.15) is 77.0 Å². The van der Waals surface area contributed by atoms with Crippen molar-refractivity contribution >= 4 is 17.6 Å². The molecule has 0 spiro atoms. The third-order valence-corrected chi connectivity index (χ3v) is 8.01. The summed E-state index contributed by atoms with van der Waals surface area (Å²) in [6, 6.07) is 10.5. The second kappa shape index (κ2) is 10.1. The zero-order valence-electron chi connectivity index (χ0n) is 19.2. The SMILES string of the molecule is CN1C(=N)N[C@](CCC2CCCCC2)(C[C@@H]2CCCC(CNc3ccccc3)C2)C1=O. The summed E-state index contributed by atoms with van der Waals surface area (Å²) in [5, 5.41) is 15.2. The van der Waals surface area contributed by atoms with E-state index in [0.717, 1.165) is 31.7 Å². The monoisotopic (exact) mass is 424 g/mol. The number of rotatable bonds is 8. The molecule has 3 aliphatic rings. The molecule has 1 unspecified atom stereocenters. The number of likely N-dealkylation sites (N-methyl/N-ethyl adjacent to an activating group) is 1. The molecular weight excluding hydrogens is 384 g/mol. The number of nitrogens with zero attached hydrogens (tertiary/aromatic N) is 1. The highest BCUT2D eigenvalue weighted by Gasteiger charge is 2.49. The number of nitrogens with one attached hydrogen (secondary N) is 3. The minimum absolute atomic E-state index is 0.123. The highest BCUT2D eigenvalue weighted by Crippen LogP contribution is 2.39. The first-order valence-electron chi connectivity index (χ1n) is 12.5. The number of anilines is 1. The molecule has 5 nitrogen and oxygen atoms in total. The van der Waals surface area contributed by atoms with Crippen molar-refractivity contribution in [1.82, 2.24) is 10.2 Å². The third-order valence-electron chi connectivity index (χ3n) is 8.01. The van der Waals surface area contributed by atoms with E-state index in [2.05, 4.69) is 41.0 Å². The van der Waals surface area contributed by atoms with Gasteiger partial charge in [-0.2, -0.15) is 0 Å². The van der Waals surface area contributed by atoms with Crippen LogP contribution in [0.15, 0.2) is 30.3 Å². The van der Waals surface area contributed by atoms with E-state index in [4.69, 9.17) is 5.41 Å². The molecule has 2 saturated carbocycles. The topological polar surface area (TPSA) is 68.2 Å². The van der Waals surface area contributed by atoms with Crippen molar-refractivity contribution in [2.75, 3.05) is 18.9 Å². The molecule has 1 aliphatic heterocycles. The van der Waals surface area contributed by atoms with E-state index < -0.39 is 5.54 Å². The lowest BCUT2D eigenvalue weighted by Gasteiger charge is -2.36. The van der Waals surface area contributed by atoms with Crippen molar-refractivity contribution in [3.63, 3.8) is 0 Å². The zero-order chi connectivity index (χ0) is 21.7. The molecule has 0 aromatic heterocycles. The van der Waals surface area contributed by atoms with Gasteiger partial charge < -0.3 is 10.6 Å². The number of hydrogen-bond donors (Lipinski definition) is 3. The van der Waals surface area contributed by atoms with Gasteiger partial charge in [-0.3, -0.25) is 15.1 Å². The molecule has 1 aromatic rings. The molecule has 4 rings (SSSR count). The Labute approximate surface area is 187 Å². The van der Waals surface area contributed by atoms with Crippen LogP contribution in [0.5, 0.6) is 0 Å². The van der Waals surface area contributed by atoms with Gasteiger partial charge in [0.05, 0.1) is 0 Å². The first kappa shape index (κ1) is 22.2. The van der Waals surface area contributed by atoms with Gasteiger partial charge in [-0.1, -0.05) is 63.1 Å². The Morgan fingerprint density at radius 1 is 1.03 bits per heavy atom. The van der Waals surface area contributed by atoms with E-state index in [9.17, 15) is 4.79 Å². The van der Waals surface area contributed by atoms with Gasteiger partial charge >= 0.3 is 0 Å². The number of benzene rings is 1. The molecule has 0 radical (unpaired) electrons. The number of guanidine groups is 1. The van der Waals surface area contributed by atoms with Crippen molar-refractivity contribution in [3.05, 3.63) is 30.3 Å². The Balaban J connectivity index is 1.37. The second-order valence-corrected chi connectivity index (χ2v) is 10.3. The fourth-order valence-corrected chi connectivity index (χ4v) is 6.21. The van der Waals surface area contributed by atoms with Crippen LogP contribution in [-0.2, 0) is 4.79 Å². The zero-order valence-corrected chi connectivity index (χ0v) is 19.2. The first-order valence-corrected chi connectivity index (χ1v) is 12.5. The van der Waals surface area contributed by atoms with E-state index >= 15 is 0 Å². The van der Waals surface area contributed by atoms with Gasteiger partial charge in [-0.15, -0.1) is 0 Å². The molecule has 1 heterocycles. The minimum Gasteiger partial charge on any atom is -0.385 e. The molecule has 3 atom stereocenters. The maximum absolute atomic E-state index is 13.3. The lowest BCUT2D eigenvalue weighted by atomic mass is 9.72. The summed E-state index contributed by atoms with van der Waals surface area (Å²) in [4.78, 5) is 14.8. The average molecular weight is 425 g/mol. The van der Waals surface area contributed by atoms with E-state index in [-0.39, 0.29) is 11.9 Å². The van der Waals surface area contributed by atoms with E-state index in [1.807, 2.05) is 0 Å². The molecule has 5 heteroatoms. The Morgan fingerprint density at radius 3 is 2.45 bits per heavy atom. The van der Waals surface area contributed by atoms with Gasteiger partial charge in [0.1, 0.15) is 5.54 Å². The second-order valence-electron chi connectivity index (χ2n) is 10.3. The number of carbonyl (C=O) groups is 1. The van der Waals surface area contributed by atoms with Crippen molar-refractivity contribution < 1.29 is 4.79 Å². The van der Waals surface area contributed by atoms with Crippen LogP contribution in [0.4, 0.5) is 5.69 Å². The van der Waals surface area contributed by atoms with Crippen LogP contribution in [0.3, 0.4) is 0 Å². The quantitative estimate of drug-likeness (QED) is 0.524. The molecule has 1 amide bonds. The number of hydrogen-bond acceptors (Lipinski definition) is 3. The maximum atomic E-state index is 13.3. The van der Waals surface area contributed by atoms with Crippen molar-refractivity contribution in [3.8, 4) is 0 Å².